The van der Waals surface area contributed by atoms with Crippen LogP contribution < -0.4 is 10.1 Å². The van der Waals surface area contributed by atoms with Crippen molar-refractivity contribution in [2.45, 2.75) is 26.9 Å². The molecule has 0 radical (unpaired) electrons. The number of para-hydroxylation sites is 2. The number of nitrogens with one attached hydrogen (secondary N) is 1. The van der Waals surface area contributed by atoms with Gasteiger partial charge in [-0.05, 0) is 32.9 Å². The van der Waals surface area contributed by atoms with E-state index in [1.54, 1.807) is 6.08 Å². The average molecular weight is 242 g/mol. The van der Waals surface area contributed by atoms with Crippen molar-refractivity contribution in [2.24, 2.45) is 0 Å². The van der Waals surface area contributed by atoms with Crippen molar-refractivity contribution >= 4 is 5.69 Å². The number of rotatable bonds is 5. The summed E-state index contributed by atoms with van der Waals surface area (Å²) in [6.07, 6.45) is 1.82. The third-order valence-corrected chi connectivity index (χ3v) is 2.27. The Morgan fingerprint density at radius 3 is 2.67 bits per heavy atom. The SMILES string of the molecule is C=C(Nc1ccccc1OC(C)C)/C(C#N)=C\C. The van der Waals surface area contributed by atoms with Gasteiger partial charge in [0.25, 0.3) is 0 Å². The molecule has 0 aliphatic rings. The minimum absolute atomic E-state index is 0.0957. The van der Waals surface area contributed by atoms with Crippen molar-refractivity contribution in [1.29, 1.82) is 5.26 Å². The smallest absolute Gasteiger partial charge is 0.143 e. The molecule has 1 N–H and O–H groups in total. The summed E-state index contributed by atoms with van der Waals surface area (Å²) >= 11 is 0. The highest BCUT2D eigenvalue weighted by atomic mass is 16.5. The maximum absolute atomic E-state index is 8.94. The third kappa shape index (κ3) is 3.67. The molecule has 18 heavy (non-hydrogen) atoms. The highest BCUT2D eigenvalue weighted by Gasteiger charge is 2.07. The summed E-state index contributed by atoms with van der Waals surface area (Å²) in [7, 11) is 0. The van der Waals surface area contributed by atoms with Crippen LogP contribution in [-0.2, 0) is 0 Å². The Morgan fingerprint density at radius 2 is 2.11 bits per heavy atom. The van der Waals surface area contributed by atoms with Crippen molar-refractivity contribution < 1.29 is 4.74 Å². The van der Waals surface area contributed by atoms with Crippen molar-refractivity contribution in [3.63, 3.8) is 0 Å². The standard InChI is InChI=1S/C15H18N2O/c1-5-13(10-16)12(4)17-14-8-6-7-9-15(14)18-11(2)3/h5-9,11,17H,4H2,1-3H3/b13-5-. The molecule has 3 heteroatoms. The summed E-state index contributed by atoms with van der Waals surface area (Å²) in [6.45, 7) is 9.60. The minimum Gasteiger partial charge on any atom is -0.489 e. The molecule has 1 rings (SSSR count). The maximum Gasteiger partial charge on any atom is 0.143 e. The van der Waals surface area contributed by atoms with E-state index in [0.29, 0.717) is 11.3 Å². The predicted molar refractivity (Wildman–Crippen MR) is 74.3 cm³/mol. The predicted octanol–water partition coefficient (Wildman–Crippen LogP) is 3.87. The molecule has 0 atom stereocenters. The van der Waals surface area contributed by atoms with E-state index in [-0.39, 0.29) is 6.10 Å². The first kappa shape index (κ1) is 13.9. The molecule has 0 amide bonds. The van der Waals surface area contributed by atoms with E-state index in [2.05, 4.69) is 18.0 Å². The van der Waals surface area contributed by atoms with E-state index in [9.17, 15) is 0 Å². The Bertz CT molecular complexity index is 495. The van der Waals surface area contributed by atoms with E-state index in [1.807, 2.05) is 45.0 Å². The van der Waals surface area contributed by atoms with Crippen LogP contribution in [-0.4, -0.2) is 6.10 Å². The summed E-state index contributed by atoms with van der Waals surface area (Å²) in [6, 6.07) is 9.69. The molecule has 1 aromatic rings. The largest absolute Gasteiger partial charge is 0.489 e. The lowest BCUT2D eigenvalue weighted by atomic mass is 10.2. The van der Waals surface area contributed by atoms with Crippen LogP contribution in [0.4, 0.5) is 5.69 Å². The molecular weight excluding hydrogens is 224 g/mol. The van der Waals surface area contributed by atoms with Crippen molar-refractivity contribution in [3.8, 4) is 11.8 Å². The fraction of sp³-hybridized carbons (Fsp3) is 0.267. The van der Waals surface area contributed by atoms with Gasteiger partial charge in [0.2, 0.25) is 0 Å². The first-order valence-electron chi connectivity index (χ1n) is 5.87. The van der Waals surface area contributed by atoms with Gasteiger partial charge in [0, 0.05) is 5.70 Å². The zero-order valence-corrected chi connectivity index (χ0v) is 11.0. The van der Waals surface area contributed by atoms with Crippen molar-refractivity contribution in [3.05, 3.63) is 48.2 Å². The van der Waals surface area contributed by atoms with E-state index >= 15 is 0 Å². The van der Waals surface area contributed by atoms with Crippen LogP contribution >= 0.6 is 0 Å². The van der Waals surface area contributed by atoms with Crippen molar-refractivity contribution in [1.82, 2.24) is 0 Å². The minimum atomic E-state index is 0.0957. The van der Waals surface area contributed by atoms with Gasteiger partial charge in [-0.2, -0.15) is 5.26 Å². The molecular formula is C15H18N2O. The fourth-order valence-electron chi connectivity index (χ4n) is 1.46. The van der Waals surface area contributed by atoms with Gasteiger partial charge in [0.1, 0.15) is 11.8 Å². The number of hydrogen-bond acceptors (Lipinski definition) is 3. The van der Waals surface area contributed by atoms with Gasteiger partial charge in [-0.25, -0.2) is 0 Å². The zero-order chi connectivity index (χ0) is 13.5. The van der Waals surface area contributed by atoms with Gasteiger partial charge < -0.3 is 10.1 Å². The van der Waals surface area contributed by atoms with Crippen LogP contribution in [0.3, 0.4) is 0 Å². The van der Waals surface area contributed by atoms with Crippen LogP contribution in [0.15, 0.2) is 48.2 Å². The average Bonchev–Trinajstić information content (AvgIpc) is 2.32. The molecule has 0 spiro atoms. The third-order valence-electron chi connectivity index (χ3n) is 2.27. The number of benzene rings is 1. The number of nitriles is 1. The van der Waals surface area contributed by atoms with Gasteiger partial charge in [0.05, 0.1) is 17.4 Å². The topological polar surface area (TPSA) is 45.0 Å². The highest BCUT2D eigenvalue weighted by Crippen LogP contribution is 2.27. The van der Waals surface area contributed by atoms with Crippen LogP contribution in [0.1, 0.15) is 20.8 Å². The summed E-state index contributed by atoms with van der Waals surface area (Å²) in [5.74, 6) is 0.752. The second-order valence-electron chi connectivity index (χ2n) is 4.08. The monoisotopic (exact) mass is 242 g/mol. The summed E-state index contributed by atoms with van der Waals surface area (Å²) < 4.78 is 5.69. The highest BCUT2D eigenvalue weighted by molar-refractivity contribution is 5.63. The molecule has 94 valence electrons. The Balaban J connectivity index is 2.91. The van der Waals surface area contributed by atoms with Gasteiger partial charge in [-0.1, -0.05) is 24.8 Å². The van der Waals surface area contributed by atoms with Gasteiger partial charge in [0.15, 0.2) is 0 Å². The Hall–Kier alpha value is -2.21. The molecule has 0 aliphatic heterocycles. The fourth-order valence-corrected chi connectivity index (χ4v) is 1.46. The number of anilines is 1. The Kier molecular flexibility index (Phi) is 5.01. The van der Waals surface area contributed by atoms with Gasteiger partial charge in [-0.3, -0.25) is 0 Å². The first-order chi connectivity index (χ1) is 8.58. The van der Waals surface area contributed by atoms with Gasteiger partial charge in [-0.15, -0.1) is 0 Å². The molecule has 0 fully saturated rings. The lowest BCUT2D eigenvalue weighted by molar-refractivity contribution is 0.244. The number of nitrogens with zero attached hydrogens (tertiary/aromatic N) is 1. The quantitative estimate of drug-likeness (QED) is 0.629. The number of hydrogen-bond donors (Lipinski definition) is 1. The maximum atomic E-state index is 8.94. The van der Waals surface area contributed by atoms with E-state index in [1.165, 1.54) is 0 Å². The molecule has 3 nitrogen and oxygen atoms in total. The lowest BCUT2D eigenvalue weighted by Gasteiger charge is -2.16. The van der Waals surface area contributed by atoms with Gasteiger partial charge >= 0.3 is 0 Å². The van der Waals surface area contributed by atoms with E-state index in [0.717, 1.165) is 11.4 Å². The molecule has 0 saturated heterocycles. The Labute approximate surface area is 108 Å². The molecule has 0 unspecified atom stereocenters. The molecule has 0 heterocycles. The number of allylic oxidation sites excluding steroid dienone is 2. The number of ether oxygens (including phenoxy) is 1. The molecule has 1 aromatic carbocycles. The second-order valence-corrected chi connectivity index (χ2v) is 4.08. The first-order valence-corrected chi connectivity index (χ1v) is 5.87. The molecule has 0 bridgehead atoms. The summed E-state index contributed by atoms with van der Waals surface area (Å²) in [5.41, 5.74) is 1.90. The molecule has 0 aliphatic carbocycles. The Morgan fingerprint density at radius 1 is 1.44 bits per heavy atom. The second kappa shape index (κ2) is 6.51. The van der Waals surface area contributed by atoms with E-state index in [4.69, 9.17) is 10.00 Å². The summed E-state index contributed by atoms with van der Waals surface area (Å²) in [5, 5.41) is 12.0. The van der Waals surface area contributed by atoms with Crippen LogP contribution in [0.5, 0.6) is 5.75 Å². The molecule has 0 saturated carbocycles. The van der Waals surface area contributed by atoms with E-state index < -0.39 is 0 Å². The van der Waals surface area contributed by atoms with Crippen LogP contribution in [0.2, 0.25) is 0 Å². The van der Waals surface area contributed by atoms with Crippen LogP contribution in [0, 0.1) is 11.3 Å². The zero-order valence-electron chi connectivity index (χ0n) is 11.0. The summed E-state index contributed by atoms with van der Waals surface area (Å²) in [4.78, 5) is 0. The molecule has 0 aromatic heterocycles. The van der Waals surface area contributed by atoms with Crippen LogP contribution in [0.25, 0.3) is 0 Å². The lowest BCUT2D eigenvalue weighted by Crippen LogP contribution is -2.08. The normalized spacial score (nSPS) is 10.9. The van der Waals surface area contributed by atoms with Crippen molar-refractivity contribution in [2.75, 3.05) is 5.32 Å².